The second-order valence-corrected chi connectivity index (χ2v) is 8.27. The molecule has 0 aliphatic carbocycles. The molecule has 2 heterocycles. The SMILES string of the molecule is Cc1ccccc1C(=S)Nc1ccc(C(=O)C2Nc3ccccc3Cn3ccnc32)cc1. The molecule has 6 heteroatoms. The molecule has 1 aliphatic heterocycles. The van der Waals surface area contributed by atoms with Crippen molar-refractivity contribution in [3.63, 3.8) is 0 Å². The first kappa shape index (κ1) is 20.2. The number of carbonyl (C=O) groups excluding carboxylic acids is 1. The van der Waals surface area contributed by atoms with Crippen molar-refractivity contribution in [2.75, 3.05) is 10.6 Å². The van der Waals surface area contributed by atoms with Crippen LogP contribution in [0.5, 0.6) is 0 Å². The fourth-order valence-corrected chi connectivity index (χ4v) is 4.36. The number of hydrogen-bond acceptors (Lipinski definition) is 4. The van der Waals surface area contributed by atoms with E-state index in [-0.39, 0.29) is 5.78 Å². The van der Waals surface area contributed by atoms with Crippen LogP contribution in [0.1, 0.15) is 38.9 Å². The van der Waals surface area contributed by atoms with Crippen molar-refractivity contribution in [3.8, 4) is 0 Å². The van der Waals surface area contributed by atoms with Gasteiger partial charge in [0.1, 0.15) is 16.9 Å². The molecular formula is C26H22N4OS. The number of nitrogens with zero attached hydrogens (tertiary/aromatic N) is 2. The minimum atomic E-state index is -0.555. The Morgan fingerprint density at radius 1 is 1.06 bits per heavy atom. The van der Waals surface area contributed by atoms with Crippen LogP contribution in [0.3, 0.4) is 0 Å². The van der Waals surface area contributed by atoms with E-state index >= 15 is 0 Å². The predicted octanol–water partition coefficient (Wildman–Crippen LogP) is 5.38. The van der Waals surface area contributed by atoms with E-state index < -0.39 is 6.04 Å². The van der Waals surface area contributed by atoms with Gasteiger partial charge in [0.05, 0.1) is 6.54 Å². The van der Waals surface area contributed by atoms with Crippen molar-refractivity contribution in [3.05, 3.63) is 113 Å². The number of rotatable bonds is 4. The number of thiocarbonyl (C=S) groups is 1. The van der Waals surface area contributed by atoms with Crippen LogP contribution in [0.4, 0.5) is 11.4 Å². The maximum absolute atomic E-state index is 13.5. The molecular weight excluding hydrogens is 416 g/mol. The Morgan fingerprint density at radius 3 is 2.62 bits per heavy atom. The van der Waals surface area contributed by atoms with Gasteiger partial charge in [-0.15, -0.1) is 0 Å². The monoisotopic (exact) mass is 438 g/mol. The molecule has 2 N–H and O–H groups in total. The summed E-state index contributed by atoms with van der Waals surface area (Å²) in [5.74, 6) is 0.691. The van der Waals surface area contributed by atoms with Gasteiger partial charge in [0.15, 0.2) is 5.78 Å². The molecule has 0 radical (unpaired) electrons. The van der Waals surface area contributed by atoms with Crippen LogP contribution >= 0.6 is 12.2 Å². The Kier molecular flexibility index (Phi) is 5.29. The number of para-hydroxylation sites is 1. The maximum Gasteiger partial charge on any atom is 0.192 e. The predicted molar refractivity (Wildman–Crippen MR) is 131 cm³/mol. The molecule has 5 rings (SSSR count). The van der Waals surface area contributed by atoms with Gasteiger partial charge in [-0.3, -0.25) is 4.79 Å². The minimum Gasteiger partial charge on any atom is -0.369 e. The normalized spacial score (nSPS) is 14.5. The van der Waals surface area contributed by atoms with Crippen molar-refractivity contribution in [1.82, 2.24) is 9.55 Å². The lowest BCUT2D eigenvalue weighted by Crippen LogP contribution is -2.23. The Labute approximate surface area is 192 Å². The molecule has 0 saturated heterocycles. The van der Waals surface area contributed by atoms with Gasteiger partial charge in [0, 0.05) is 34.9 Å². The summed E-state index contributed by atoms with van der Waals surface area (Å²) in [6, 6.07) is 22.9. The Hall–Kier alpha value is -3.77. The van der Waals surface area contributed by atoms with Gasteiger partial charge in [-0.2, -0.15) is 0 Å². The standard InChI is InChI=1S/C26H22N4OS/c1-17-6-2-4-8-21(17)26(32)28-20-12-10-18(11-13-20)24(31)23-25-27-14-15-30(25)16-19-7-3-5-9-22(19)29-23/h2-15,23,29H,16H2,1H3,(H,28,32). The lowest BCUT2D eigenvalue weighted by Gasteiger charge is -2.17. The number of nitrogens with one attached hydrogen (secondary N) is 2. The fraction of sp³-hybridized carbons (Fsp3) is 0.115. The number of anilines is 2. The molecule has 0 saturated carbocycles. The highest BCUT2D eigenvalue weighted by molar-refractivity contribution is 7.81. The van der Waals surface area contributed by atoms with Crippen LogP contribution in [0.2, 0.25) is 0 Å². The third-order valence-electron chi connectivity index (χ3n) is 5.74. The van der Waals surface area contributed by atoms with Gasteiger partial charge >= 0.3 is 0 Å². The van der Waals surface area contributed by atoms with Crippen LogP contribution in [-0.2, 0) is 6.54 Å². The number of fused-ring (bicyclic) bond motifs is 2. The molecule has 0 amide bonds. The topological polar surface area (TPSA) is 59.0 Å². The number of aromatic nitrogens is 2. The largest absolute Gasteiger partial charge is 0.369 e. The van der Waals surface area contributed by atoms with Crippen molar-refractivity contribution >= 4 is 34.4 Å². The van der Waals surface area contributed by atoms with E-state index in [1.165, 1.54) is 0 Å². The Morgan fingerprint density at radius 2 is 1.81 bits per heavy atom. The Bertz CT molecular complexity index is 1310. The second kappa shape index (κ2) is 8.40. The summed E-state index contributed by atoms with van der Waals surface area (Å²) in [6.07, 6.45) is 3.66. The smallest absolute Gasteiger partial charge is 0.192 e. The van der Waals surface area contributed by atoms with E-state index in [4.69, 9.17) is 12.2 Å². The summed E-state index contributed by atoms with van der Waals surface area (Å²) in [5, 5.41) is 6.67. The zero-order chi connectivity index (χ0) is 22.1. The first-order valence-electron chi connectivity index (χ1n) is 10.5. The average molecular weight is 439 g/mol. The fourth-order valence-electron chi connectivity index (χ4n) is 4.01. The number of imidazole rings is 1. The summed E-state index contributed by atoms with van der Waals surface area (Å²) in [7, 11) is 0. The van der Waals surface area contributed by atoms with E-state index in [1.807, 2.05) is 84.4 Å². The molecule has 158 valence electrons. The van der Waals surface area contributed by atoms with Gasteiger partial charge in [0.2, 0.25) is 0 Å². The molecule has 4 aromatic rings. The van der Waals surface area contributed by atoms with Gasteiger partial charge in [-0.05, 0) is 48.4 Å². The number of aryl methyl sites for hydroxylation is 1. The molecule has 1 aromatic heterocycles. The van der Waals surface area contributed by atoms with Crippen molar-refractivity contribution in [2.24, 2.45) is 0 Å². The summed E-state index contributed by atoms with van der Waals surface area (Å²) >= 11 is 5.56. The molecule has 1 unspecified atom stereocenters. The van der Waals surface area contributed by atoms with Gasteiger partial charge in [-0.25, -0.2) is 4.98 Å². The number of Topliss-reactive ketones (excluding diaryl/α,β-unsaturated/α-hetero) is 1. The maximum atomic E-state index is 13.5. The van der Waals surface area contributed by atoms with Crippen LogP contribution in [-0.4, -0.2) is 20.3 Å². The van der Waals surface area contributed by atoms with E-state index in [9.17, 15) is 4.79 Å². The quantitative estimate of drug-likeness (QED) is 0.331. The van der Waals surface area contributed by atoms with Crippen molar-refractivity contribution in [2.45, 2.75) is 19.5 Å². The van der Waals surface area contributed by atoms with Crippen LogP contribution < -0.4 is 10.6 Å². The zero-order valence-corrected chi connectivity index (χ0v) is 18.4. The highest BCUT2D eigenvalue weighted by Crippen LogP contribution is 2.30. The first-order chi connectivity index (χ1) is 15.6. The highest BCUT2D eigenvalue weighted by Gasteiger charge is 2.29. The molecule has 0 fully saturated rings. The van der Waals surface area contributed by atoms with Crippen LogP contribution in [0.15, 0.2) is 85.2 Å². The minimum absolute atomic E-state index is 0.0258. The van der Waals surface area contributed by atoms with E-state index in [0.717, 1.165) is 28.1 Å². The lowest BCUT2D eigenvalue weighted by molar-refractivity contribution is 0.0965. The molecule has 5 nitrogen and oxygen atoms in total. The zero-order valence-electron chi connectivity index (χ0n) is 17.6. The van der Waals surface area contributed by atoms with Crippen molar-refractivity contribution < 1.29 is 4.79 Å². The molecule has 3 aromatic carbocycles. The molecule has 32 heavy (non-hydrogen) atoms. The lowest BCUT2D eigenvalue weighted by atomic mass is 10.0. The number of hydrogen-bond donors (Lipinski definition) is 2. The summed E-state index contributed by atoms with van der Waals surface area (Å²) in [5.41, 5.74) is 5.66. The summed E-state index contributed by atoms with van der Waals surface area (Å²) < 4.78 is 2.03. The van der Waals surface area contributed by atoms with Crippen LogP contribution in [0.25, 0.3) is 0 Å². The van der Waals surface area contributed by atoms with Crippen LogP contribution in [0, 0.1) is 6.92 Å². The average Bonchev–Trinajstić information content (AvgIpc) is 3.20. The van der Waals surface area contributed by atoms with E-state index in [2.05, 4.69) is 21.7 Å². The molecule has 0 bridgehead atoms. The molecule has 0 spiro atoms. The Balaban J connectivity index is 1.38. The second-order valence-electron chi connectivity index (χ2n) is 7.86. The van der Waals surface area contributed by atoms with Gasteiger partial charge < -0.3 is 15.2 Å². The first-order valence-corrected chi connectivity index (χ1v) is 10.9. The van der Waals surface area contributed by atoms with E-state index in [0.29, 0.717) is 22.9 Å². The third-order valence-corrected chi connectivity index (χ3v) is 6.06. The third kappa shape index (κ3) is 3.81. The summed E-state index contributed by atoms with van der Waals surface area (Å²) in [6.45, 7) is 2.72. The highest BCUT2D eigenvalue weighted by atomic mass is 32.1. The van der Waals surface area contributed by atoms with E-state index in [1.54, 1.807) is 6.20 Å². The molecule has 1 atom stereocenters. The molecule has 1 aliphatic rings. The number of carbonyl (C=O) groups is 1. The number of benzene rings is 3. The van der Waals surface area contributed by atoms with Crippen molar-refractivity contribution in [1.29, 1.82) is 0 Å². The van der Waals surface area contributed by atoms with Gasteiger partial charge in [-0.1, -0.05) is 54.7 Å². The van der Waals surface area contributed by atoms with Gasteiger partial charge in [0.25, 0.3) is 0 Å². The summed E-state index contributed by atoms with van der Waals surface area (Å²) in [4.78, 5) is 18.6. The number of ketones is 1.